The van der Waals surface area contributed by atoms with Crippen molar-refractivity contribution in [1.29, 1.82) is 0 Å². The van der Waals surface area contributed by atoms with Crippen LogP contribution < -0.4 is 10.2 Å². The van der Waals surface area contributed by atoms with Gasteiger partial charge in [0, 0.05) is 24.2 Å². The van der Waals surface area contributed by atoms with Crippen molar-refractivity contribution in [3.8, 4) is 0 Å². The molecule has 4 nitrogen and oxygen atoms in total. The van der Waals surface area contributed by atoms with Crippen LogP contribution in [0.1, 0.15) is 13.8 Å². The molecule has 0 saturated carbocycles. The van der Waals surface area contributed by atoms with Crippen molar-refractivity contribution in [3.05, 3.63) is 23.2 Å². The molecule has 1 amide bonds. The summed E-state index contributed by atoms with van der Waals surface area (Å²) >= 11 is 7.60. The van der Waals surface area contributed by atoms with Crippen LogP contribution in [-0.4, -0.2) is 30.0 Å². The highest BCUT2D eigenvalue weighted by Crippen LogP contribution is 2.34. The Morgan fingerprint density at radius 1 is 1.50 bits per heavy atom. The van der Waals surface area contributed by atoms with E-state index in [-0.39, 0.29) is 17.9 Å². The monoisotopic (exact) mass is 309 g/mol. The molecule has 106 valence electrons. The van der Waals surface area contributed by atoms with E-state index in [4.69, 9.17) is 11.6 Å². The van der Waals surface area contributed by atoms with Crippen LogP contribution in [0.15, 0.2) is 18.2 Å². The van der Waals surface area contributed by atoms with Gasteiger partial charge in [-0.25, -0.2) is 4.98 Å². The Morgan fingerprint density at radius 2 is 2.25 bits per heavy atom. The van der Waals surface area contributed by atoms with E-state index in [1.165, 1.54) is 0 Å². The Labute approximate surface area is 126 Å². The average molecular weight is 310 g/mol. The van der Waals surface area contributed by atoms with Crippen LogP contribution >= 0.6 is 22.9 Å². The number of hydrogen-bond acceptors (Lipinski definition) is 4. The normalized spacial score (nSPS) is 15.7. The molecule has 1 aliphatic heterocycles. The van der Waals surface area contributed by atoms with E-state index in [2.05, 4.69) is 15.2 Å². The molecule has 1 aliphatic rings. The summed E-state index contributed by atoms with van der Waals surface area (Å²) in [6.07, 6.45) is 0. The molecule has 2 heterocycles. The van der Waals surface area contributed by atoms with E-state index in [1.807, 2.05) is 32.0 Å². The maximum Gasteiger partial charge on any atom is 0.226 e. The van der Waals surface area contributed by atoms with Crippen LogP contribution in [0.3, 0.4) is 0 Å². The van der Waals surface area contributed by atoms with Crippen molar-refractivity contribution in [1.82, 2.24) is 10.3 Å². The second-order valence-corrected chi connectivity index (χ2v) is 6.82. The second-order valence-electron chi connectivity index (χ2n) is 5.37. The predicted molar refractivity (Wildman–Crippen MR) is 83.6 cm³/mol. The lowest BCUT2D eigenvalue weighted by atomic mass is 10.00. The van der Waals surface area contributed by atoms with Gasteiger partial charge in [-0.05, 0) is 32.0 Å². The molecule has 0 unspecified atom stereocenters. The van der Waals surface area contributed by atoms with Crippen LogP contribution in [0.25, 0.3) is 10.2 Å². The van der Waals surface area contributed by atoms with Gasteiger partial charge in [0.25, 0.3) is 0 Å². The zero-order valence-electron chi connectivity index (χ0n) is 11.4. The number of thiazole rings is 1. The summed E-state index contributed by atoms with van der Waals surface area (Å²) in [6, 6.07) is 5.91. The highest BCUT2D eigenvalue weighted by Gasteiger charge is 2.34. The SMILES string of the molecule is CC(C)NC(=O)C1CN(c2nc3ccc(Cl)cc3s2)C1. The van der Waals surface area contributed by atoms with Gasteiger partial charge in [0.2, 0.25) is 5.91 Å². The third kappa shape index (κ3) is 2.60. The molecular weight excluding hydrogens is 294 g/mol. The highest BCUT2D eigenvalue weighted by atomic mass is 35.5. The molecule has 1 saturated heterocycles. The fourth-order valence-corrected chi connectivity index (χ4v) is 3.48. The maximum absolute atomic E-state index is 11.9. The number of benzene rings is 1. The van der Waals surface area contributed by atoms with Crippen LogP contribution in [0.2, 0.25) is 5.02 Å². The van der Waals surface area contributed by atoms with Gasteiger partial charge in [0.15, 0.2) is 5.13 Å². The first-order chi connectivity index (χ1) is 9.52. The predicted octanol–water partition coefficient (Wildman–Crippen LogP) is 2.91. The molecule has 20 heavy (non-hydrogen) atoms. The quantitative estimate of drug-likeness (QED) is 0.948. The number of halogens is 1. The van der Waals surface area contributed by atoms with Crippen LogP contribution in [-0.2, 0) is 4.79 Å². The maximum atomic E-state index is 11.9. The van der Waals surface area contributed by atoms with Gasteiger partial charge in [-0.1, -0.05) is 22.9 Å². The molecule has 3 rings (SSSR count). The fraction of sp³-hybridized carbons (Fsp3) is 0.429. The number of nitrogens with zero attached hydrogens (tertiary/aromatic N) is 2. The summed E-state index contributed by atoms with van der Waals surface area (Å²) in [5.41, 5.74) is 0.962. The van der Waals surface area contributed by atoms with Crippen LogP contribution in [0.5, 0.6) is 0 Å². The number of amides is 1. The largest absolute Gasteiger partial charge is 0.354 e. The summed E-state index contributed by atoms with van der Waals surface area (Å²) in [7, 11) is 0. The van der Waals surface area contributed by atoms with E-state index in [0.717, 1.165) is 33.5 Å². The summed E-state index contributed by atoms with van der Waals surface area (Å²) in [5, 5.41) is 4.65. The molecule has 0 aliphatic carbocycles. The zero-order valence-corrected chi connectivity index (χ0v) is 13.0. The highest BCUT2D eigenvalue weighted by molar-refractivity contribution is 7.22. The molecule has 2 aromatic rings. The number of carbonyl (C=O) groups is 1. The van der Waals surface area contributed by atoms with E-state index in [0.29, 0.717) is 0 Å². The molecule has 0 atom stereocenters. The Morgan fingerprint density at radius 3 is 2.95 bits per heavy atom. The topological polar surface area (TPSA) is 45.2 Å². The minimum absolute atomic E-state index is 0.0769. The van der Waals surface area contributed by atoms with E-state index < -0.39 is 0 Å². The summed E-state index contributed by atoms with van der Waals surface area (Å²) in [6.45, 7) is 5.44. The van der Waals surface area contributed by atoms with E-state index in [9.17, 15) is 4.79 Å². The standard InChI is InChI=1S/C14H16ClN3OS/c1-8(2)16-13(19)9-6-18(7-9)14-17-11-4-3-10(15)5-12(11)20-14/h3-5,8-9H,6-7H2,1-2H3,(H,16,19). The summed E-state index contributed by atoms with van der Waals surface area (Å²) in [5.74, 6) is 0.216. The van der Waals surface area contributed by atoms with Crippen molar-refractivity contribution in [2.45, 2.75) is 19.9 Å². The fourth-order valence-electron chi connectivity index (χ4n) is 2.22. The molecule has 0 bridgehead atoms. The van der Waals surface area contributed by atoms with Gasteiger partial charge < -0.3 is 10.2 Å². The first-order valence-corrected chi connectivity index (χ1v) is 7.84. The van der Waals surface area contributed by atoms with Crippen molar-refractivity contribution < 1.29 is 4.79 Å². The van der Waals surface area contributed by atoms with Crippen LogP contribution in [0.4, 0.5) is 5.13 Å². The van der Waals surface area contributed by atoms with Crippen molar-refractivity contribution in [2.24, 2.45) is 5.92 Å². The van der Waals surface area contributed by atoms with E-state index in [1.54, 1.807) is 11.3 Å². The molecule has 1 fully saturated rings. The first kappa shape index (κ1) is 13.6. The van der Waals surface area contributed by atoms with Gasteiger partial charge in [-0.15, -0.1) is 0 Å². The number of rotatable bonds is 3. The van der Waals surface area contributed by atoms with E-state index >= 15 is 0 Å². The molecule has 1 aromatic heterocycles. The summed E-state index contributed by atoms with van der Waals surface area (Å²) < 4.78 is 1.09. The third-order valence-corrected chi connectivity index (χ3v) is 4.61. The summed E-state index contributed by atoms with van der Waals surface area (Å²) in [4.78, 5) is 18.6. The van der Waals surface area contributed by atoms with Gasteiger partial charge >= 0.3 is 0 Å². The number of hydrogen-bond donors (Lipinski definition) is 1. The second kappa shape index (κ2) is 5.22. The molecule has 1 aromatic carbocycles. The molecule has 0 radical (unpaired) electrons. The van der Waals surface area contributed by atoms with Gasteiger partial charge in [0.05, 0.1) is 16.1 Å². The Balaban J connectivity index is 1.68. The minimum Gasteiger partial charge on any atom is -0.354 e. The molecule has 0 spiro atoms. The first-order valence-electron chi connectivity index (χ1n) is 6.64. The lowest BCUT2D eigenvalue weighted by Crippen LogP contribution is -2.54. The van der Waals surface area contributed by atoms with Gasteiger partial charge in [-0.2, -0.15) is 0 Å². The van der Waals surface area contributed by atoms with Crippen molar-refractivity contribution in [2.75, 3.05) is 18.0 Å². The average Bonchev–Trinajstić information content (AvgIpc) is 2.68. The minimum atomic E-state index is 0.0769. The van der Waals surface area contributed by atoms with Crippen LogP contribution in [0, 0.1) is 5.92 Å². The lowest BCUT2D eigenvalue weighted by Gasteiger charge is -2.38. The van der Waals surface area contributed by atoms with Gasteiger partial charge in [-0.3, -0.25) is 4.79 Å². The molecule has 1 N–H and O–H groups in total. The number of anilines is 1. The molecule has 6 heteroatoms. The number of aromatic nitrogens is 1. The zero-order chi connectivity index (χ0) is 14.3. The van der Waals surface area contributed by atoms with Crippen molar-refractivity contribution in [3.63, 3.8) is 0 Å². The Bertz CT molecular complexity index is 649. The smallest absolute Gasteiger partial charge is 0.226 e. The Kier molecular flexibility index (Phi) is 3.56. The number of fused-ring (bicyclic) bond motifs is 1. The number of carbonyl (C=O) groups excluding carboxylic acids is 1. The van der Waals surface area contributed by atoms with Crippen molar-refractivity contribution >= 4 is 44.2 Å². The molecular formula is C14H16ClN3OS. The lowest BCUT2D eigenvalue weighted by molar-refractivity contribution is -0.126. The van der Waals surface area contributed by atoms with Gasteiger partial charge in [0.1, 0.15) is 0 Å². The Hall–Kier alpha value is -1.33. The third-order valence-electron chi connectivity index (χ3n) is 3.29. The number of nitrogens with one attached hydrogen (secondary N) is 1.